The maximum atomic E-state index is 9.10. The van der Waals surface area contributed by atoms with Crippen LogP contribution >= 0.6 is 0 Å². The van der Waals surface area contributed by atoms with Gasteiger partial charge in [0.2, 0.25) is 25.2 Å². The molecule has 21 heavy (non-hydrogen) atoms. The largest absolute Gasteiger partial charge is 0.391 e. The molecule has 0 aromatic heterocycles. The molecular weight excluding hydrogens is 304 g/mol. The third-order valence-corrected chi connectivity index (χ3v) is 1.45. The zero-order valence-electron chi connectivity index (χ0n) is 10.7. The molecule has 13 nitrogen and oxygen atoms in total. The number of rotatable bonds is 14. The average Bonchev–Trinajstić information content (AvgIpc) is 2.46. The topological polar surface area (TPSA) is 186 Å². The van der Waals surface area contributed by atoms with Gasteiger partial charge in [-0.25, -0.2) is 39.5 Å². The second-order valence-corrected chi connectivity index (χ2v) is 3.25. The minimum Gasteiger partial charge on any atom is -0.391 e. The highest BCUT2D eigenvalue weighted by atomic mass is 17.3. The highest BCUT2D eigenvalue weighted by Crippen LogP contribution is 1.97. The number of aliphatic hydroxyl groups excluding tert-OH is 5. The van der Waals surface area contributed by atoms with Gasteiger partial charge in [-0.2, -0.15) is 0 Å². The molecule has 0 aromatic rings. The molecule has 0 aliphatic rings. The molecule has 4 atom stereocenters. The standard InChI is InChI=1S/C8H18O13/c9-1-5(10)19-16-3-7(12)21-17-4-8(13)20-15-2-6(11)18-14/h5-14H,1-4H2. The second-order valence-electron chi connectivity index (χ2n) is 3.25. The molecule has 128 valence electrons. The molecule has 0 saturated heterocycles. The van der Waals surface area contributed by atoms with E-state index in [2.05, 4.69) is 34.2 Å². The molecule has 0 aliphatic carbocycles. The first kappa shape index (κ1) is 20.5. The van der Waals surface area contributed by atoms with E-state index in [9.17, 15) is 0 Å². The fraction of sp³-hybridized carbons (Fsp3) is 1.00. The van der Waals surface area contributed by atoms with Crippen molar-refractivity contribution in [2.75, 3.05) is 26.4 Å². The first-order valence-electron chi connectivity index (χ1n) is 5.47. The van der Waals surface area contributed by atoms with Crippen LogP contribution in [0, 0.1) is 0 Å². The lowest BCUT2D eigenvalue weighted by molar-refractivity contribution is -0.454. The predicted octanol–water partition coefficient (Wildman–Crippen LogP) is -3.41. The van der Waals surface area contributed by atoms with Crippen LogP contribution in [-0.4, -0.2) is 82.4 Å². The van der Waals surface area contributed by atoms with E-state index in [0.717, 1.165) is 0 Å². The van der Waals surface area contributed by atoms with E-state index < -0.39 is 51.6 Å². The molecule has 0 aliphatic heterocycles. The van der Waals surface area contributed by atoms with Crippen molar-refractivity contribution in [3.63, 3.8) is 0 Å². The van der Waals surface area contributed by atoms with E-state index in [1.165, 1.54) is 0 Å². The van der Waals surface area contributed by atoms with Crippen molar-refractivity contribution in [1.29, 1.82) is 0 Å². The van der Waals surface area contributed by atoms with Crippen LogP contribution in [0.4, 0.5) is 0 Å². The van der Waals surface area contributed by atoms with E-state index >= 15 is 0 Å². The van der Waals surface area contributed by atoms with Crippen molar-refractivity contribution < 1.29 is 65.0 Å². The molecule has 0 bridgehead atoms. The Morgan fingerprint density at radius 2 is 1.00 bits per heavy atom. The van der Waals surface area contributed by atoms with Crippen LogP contribution < -0.4 is 0 Å². The highest BCUT2D eigenvalue weighted by molar-refractivity contribution is 4.33. The Labute approximate surface area is 118 Å². The second kappa shape index (κ2) is 13.2. The predicted molar refractivity (Wildman–Crippen MR) is 55.9 cm³/mol. The van der Waals surface area contributed by atoms with Crippen molar-refractivity contribution in [3.05, 3.63) is 0 Å². The van der Waals surface area contributed by atoms with Crippen LogP contribution in [0.25, 0.3) is 0 Å². The van der Waals surface area contributed by atoms with Gasteiger partial charge in [-0.3, -0.25) is 0 Å². The summed E-state index contributed by atoms with van der Waals surface area (Å²) in [6.45, 7) is -2.44. The van der Waals surface area contributed by atoms with Gasteiger partial charge < -0.3 is 25.5 Å². The minimum atomic E-state index is -1.65. The first-order valence-corrected chi connectivity index (χ1v) is 5.47. The monoisotopic (exact) mass is 322 g/mol. The molecule has 4 unspecified atom stereocenters. The van der Waals surface area contributed by atoms with Gasteiger partial charge in [0.15, 0.2) is 0 Å². The van der Waals surface area contributed by atoms with Crippen molar-refractivity contribution in [2.24, 2.45) is 0 Å². The average molecular weight is 322 g/mol. The van der Waals surface area contributed by atoms with Crippen LogP contribution in [0.1, 0.15) is 0 Å². The molecule has 0 heterocycles. The third-order valence-electron chi connectivity index (χ3n) is 1.45. The Balaban J connectivity index is 3.46. The minimum absolute atomic E-state index is 0.565. The summed E-state index contributed by atoms with van der Waals surface area (Å²) in [6.07, 6.45) is -6.46. The lowest BCUT2D eigenvalue weighted by Gasteiger charge is -2.14. The molecule has 0 rings (SSSR count). The molecule has 6 N–H and O–H groups in total. The van der Waals surface area contributed by atoms with E-state index in [4.69, 9.17) is 30.8 Å². The van der Waals surface area contributed by atoms with Crippen molar-refractivity contribution in [2.45, 2.75) is 25.2 Å². The lowest BCUT2D eigenvalue weighted by atomic mass is 10.7. The molecule has 0 saturated carbocycles. The maximum Gasteiger partial charge on any atom is 0.215 e. The molecule has 0 fully saturated rings. The van der Waals surface area contributed by atoms with E-state index in [1.807, 2.05) is 0 Å². The number of hydrogen-bond acceptors (Lipinski definition) is 13. The van der Waals surface area contributed by atoms with Crippen LogP contribution in [0.15, 0.2) is 0 Å². The summed E-state index contributed by atoms with van der Waals surface area (Å²) in [5.41, 5.74) is 0. The van der Waals surface area contributed by atoms with Gasteiger partial charge in [0.05, 0.1) is 6.61 Å². The van der Waals surface area contributed by atoms with E-state index in [1.54, 1.807) is 0 Å². The summed E-state index contributed by atoms with van der Waals surface area (Å²) in [6, 6.07) is 0. The van der Waals surface area contributed by atoms with Gasteiger partial charge in [0.25, 0.3) is 0 Å². The third kappa shape index (κ3) is 12.9. The number of hydrogen-bond donors (Lipinski definition) is 6. The first-order chi connectivity index (χ1) is 9.99. The zero-order chi connectivity index (χ0) is 16.1. The Morgan fingerprint density at radius 1 is 0.619 bits per heavy atom. The van der Waals surface area contributed by atoms with Crippen molar-refractivity contribution in [3.8, 4) is 0 Å². The van der Waals surface area contributed by atoms with E-state index in [0.29, 0.717) is 0 Å². The summed E-state index contributed by atoms with van der Waals surface area (Å²) < 4.78 is 0. The molecule has 0 aromatic carbocycles. The Bertz CT molecular complexity index is 206. The molecule has 0 radical (unpaired) electrons. The van der Waals surface area contributed by atoms with Crippen LogP contribution in [0.3, 0.4) is 0 Å². The van der Waals surface area contributed by atoms with Gasteiger partial charge in [0.1, 0.15) is 19.8 Å². The Morgan fingerprint density at radius 3 is 1.38 bits per heavy atom. The van der Waals surface area contributed by atoms with Gasteiger partial charge in [0, 0.05) is 0 Å². The summed E-state index contributed by atoms with van der Waals surface area (Å²) in [4.78, 5) is 28.9. The van der Waals surface area contributed by atoms with Gasteiger partial charge in [-0.15, -0.1) is 0 Å². The normalized spacial score (nSPS) is 17.4. The van der Waals surface area contributed by atoms with Gasteiger partial charge in [-0.05, 0) is 0 Å². The fourth-order valence-electron chi connectivity index (χ4n) is 0.645. The summed E-state index contributed by atoms with van der Waals surface area (Å²) >= 11 is 0. The quantitative estimate of drug-likeness (QED) is 0.106. The van der Waals surface area contributed by atoms with Crippen LogP contribution in [0.2, 0.25) is 0 Å². The summed E-state index contributed by atoms with van der Waals surface area (Å²) in [5, 5.41) is 51.9. The molecule has 0 spiro atoms. The highest BCUT2D eigenvalue weighted by Gasteiger charge is 2.13. The summed E-state index contributed by atoms with van der Waals surface area (Å²) in [5.74, 6) is 0. The van der Waals surface area contributed by atoms with Gasteiger partial charge in [-0.1, -0.05) is 0 Å². The maximum absolute atomic E-state index is 9.10. The van der Waals surface area contributed by atoms with Crippen LogP contribution in [0.5, 0.6) is 0 Å². The Kier molecular flexibility index (Phi) is 12.8. The molecule has 0 amide bonds. The molecular formula is C8H18O13. The van der Waals surface area contributed by atoms with Crippen molar-refractivity contribution in [1.82, 2.24) is 0 Å². The van der Waals surface area contributed by atoms with Crippen molar-refractivity contribution >= 4 is 0 Å². The lowest BCUT2D eigenvalue weighted by Crippen LogP contribution is -2.27. The SMILES string of the molecule is OCC(O)OOCC(O)OOCC(O)OOCC(O)OO. The summed E-state index contributed by atoms with van der Waals surface area (Å²) in [7, 11) is 0. The fourth-order valence-corrected chi connectivity index (χ4v) is 0.645. The zero-order valence-corrected chi connectivity index (χ0v) is 10.7. The number of aliphatic hydroxyl groups is 5. The Hall–Kier alpha value is -0.520. The van der Waals surface area contributed by atoms with E-state index in [-0.39, 0.29) is 0 Å². The smallest absolute Gasteiger partial charge is 0.215 e. The van der Waals surface area contributed by atoms with Gasteiger partial charge >= 0.3 is 0 Å². The molecule has 13 heteroatoms. The van der Waals surface area contributed by atoms with Crippen LogP contribution in [-0.2, 0) is 34.2 Å².